The number of aromatic nitrogens is 1. The molecular weight excluding hydrogens is 475 g/mol. The van der Waals surface area contributed by atoms with Crippen LogP contribution in [-0.4, -0.2) is 58.3 Å². The van der Waals surface area contributed by atoms with Gasteiger partial charge in [-0.2, -0.15) is 13.2 Å². The predicted octanol–water partition coefficient (Wildman–Crippen LogP) is 4.25. The summed E-state index contributed by atoms with van der Waals surface area (Å²) in [5.41, 5.74) is 2.36. The Bertz CT molecular complexity index is 1240. The van der Waals surface area contributed by atoms with E-state index in [1.807, 2.05) is 24.3 Å². The van der Waals surface area contributed by atoms with Gasteiger partial charge < -0.3 is 14.7 Å². The number of hydrogen-bond donors (Lipinski definition) is 2. The molecule has 1 aliphatic heterocycles. The van der Waals surface area contributed by atoms with Crippen molar-refractivity contribution in [2.45, 2.75) is 25.1 Å². The van der Waals surface area contributed by atoms with E-state index in [2.05, 4.69) is 5.16 Å². The van der Waals surface area contributed by atoms with E-state index in [9.17, 15) is 23.4 Å². The molecule has 1 unspecified atom stereocenters. The molecule has 2 N–H and O–H groups in total. The van der Waals surface area contributed by atoms with Gasteiger partial charge in [-0.15, -0.1) is 0 Å². The van der Waals surface area contributed by atoms with Crippen molar-refractivity contribution in [2.24, 2.45) is 0 Å². The van der Waals surface area contributed by atoms with Crippen LogP contribution in [0.1, 0.15) is 34.9 Å². The minimum absolute atomic E-state index is 0.137. The Labute approximate surface area is 205 Å². The van der Waals surface area contributed by atoms with Gasteiger partial charge in [-0.25, -0.2) is 5.06 Å². The maximum Gasteiger partial charge on any atom is 0.422 e. The number of nitrogens with zero attached hydrogens (tertiary/aromatic N) is 3. The van der Waals surface area contributed by atoms with Crippen LogP contribution >= 0.6 is 0 Å². The second-order valence-electron chi connectivity index (χ2n) is 8.74. The van der Waals surface area contributed by atoms with Gasteiger partial charge in [0.15, 0.2) is 11.9 Å². The smallest absolute Gasteiger partial charge is 0.395 e. The number of aryl methyl sites for hydroxylation is 1. The Hall–Kier alpha value is -3.18. The van der Waals surface area contributed by atoms with Crippen LogP contribution in [0, 0.1) is 0 Å². The third-order valence-corrected chi connectivity index (χ3v) is 6.49. The summed E-state index contributed by atoms with van der Waals surface area (Å²) < 4.78 is 48.5. The van der Waals surface area contributed by atoms with Crippen molar-refractivity contribution >= 4 is 5.70 Å². The van der Waals surface area contributed by atoms with Crippen LogP contribution in [0.3, 0.4) is 0 Å². The van der Waals surface area contributed by atoms with E-state index in [1.54, 1.807) is 40.3 Å². The fourth-order valence-corrected chi connectivity index (χ4v) is 4.90. The molecule has 3 aromatic rings. The largest absolute Gasteiger partial charge is 0.422 e. The summed E-state index contributed by atoms with van der Waals surface area (Å²) in [5, 5.41) is 24.4. The average Bonchev–Trinajstić information content (AvgIpc) is 3.47. The topological polar surface area (TPSA) is 82.2 Å². The summed E-state index contributed by atoms with van der Waals surface area (Å²) >= 11 is 0. The third kappa shape index (κ3) is 4.53. The standard InChI is InChI=1S/C26H26F3N3O4/c27-26(28,29)21-22(30-35-24(21)18-7-2-1-3-8-18)25-20-11-10-17-6-4-5-9-19(17)23(20)32(36-25)16-31(12-14-33)13-15-34/h1-9,25,33-34H,10-16H2. The SMILES string of the molecule is OCCN(CCO)CN1OC(c2noc(-c3ccccc3)c2C(F)(F)F)C2=C1c1ccccc1CC2. The first-order valence-electron chi connectivity index (χ1n) is 11.7. The Balaban J connectivity index is 1.61. The van der Waals surface area contributed by atoms with Crippen LogP contribution in [0.15, 0.2) is 64.7 Å². The Morgan fingerprint density at radius 2 is 1.67 bits per heavy atom. The maximum atomic E-state index is 14.4. The van der Waals surface area contributed by atoms with Crippen molar-refractivity contribution in [2.75, 3.05) is 33.0 Å². The number of halogens is 3. The Morgan fingerprint density at radius 3 is 2.36 bits per heavy atom. The second-order valence-corrected chi connectivity index (χ2v) is 8.74. The zero-order valence-corrected chi connectivity index (χ0v) is 19.4. The van der Waals surface area contributed by atoms with Crippen LogP contribution in [-0.2, 0) is 17.4 Å². The molecule has 0 radical (unpaired) electrons. The van der Waals surface area contributed by atoms with Crippen molar-refractivity contribution in [1.29, 1.82) is 0 Å². The van der Waals surface area contributed by atoms with E-state index >= 15 is 0 Å². The first kappa shape index (κ1) is 24.5. The van der Waals surface area contributed by atoms with Gasteiger partial charge in [0.2, 0.25) is 0 Å². The van der Waals surface area contributed by atoms with Gasteiger partial charge in [0.25, 0.3) is 0 Å². The fraction of sp³-hybridized carbons (Fsp3) is 0.346. The van der Waals surface area contributed by atoms with Gasteiger partial charge in [0.1, 0.15) is 11.3 Å². The first-order chi connectivity index (χ1) is 17.4. The summed E-state index contributed by atoms with van der Waals surface area (Å²) in [7, 11) is 0. The number of hydroxylamine groups is 2. The van der Waals surface area contributed by atoms with Crippen LogP contribution < -0.4 is 0 Å². The van der Waals surface area contributed by atoms with Gasteiger partial charge in [-0.1, -0.05) is 59.8 Å². The van der Waals surface area contributed by atoms with Gasteiger partial charge in [0.05, 0.1) is 25.6 Å². The van der Waals surface area contributed by atoms with E-state index in [1.165, 1.54) is 0 Å². The van der Waals surface area contributed by atoms with E-state index in [0.29, 0.717) is 24.1 Å². The molecule has 0 saturated heterocycles. The molecule has 10 heteroatoms. The summed E-state index contributed by atoms with van der Waals surface area (Å²) in [6, 6.07) is 15.8. The molecule has 0 saturated carbocycles. The van der Waals surface area contributed by atoms with Crippen LogP contribution in [0.25, 0.3) is 17.0 Å². The highest BCUT2D eigenvalue weighted by Gasteiger charge is 2.47. The average molecular weight is 502 g/mol. The van der Waals surface area contributed by atoms with Gasteiger partial charge >= 0.3 is 6.18 Å². The van der Waals surface area contributed by atoms with E-state index in [4.69, 9.17) is 9.36 Å². The zero-order chi connectivity index (χ0) is 25.3. The molecule has 0 fully saturated rings. The van der Waals surface area contributed by atoms with E-state index < -0.39 is 17.8 Å². The number of benzene rings is 2. The highest BCUT2D eigenvalue weighted by molar-refractivity contribution is 5.74. The summed E-state index contributed by atoms with van der Waals surface area (Å²) in [6.07, 6.45) is -4.65. The minimum Gasteiger partial charge on any atom is -0.395 e. The number of aliphatic hydroxyl groups is 2. The fourth-order valence-electron chi connectivity index (χ4n) is 4.90. The Kier molecular flexibility index (Phi) is 6.85. The highest BCUT2D eigenvalue weighted by atomic mass is 19.4. The van der Waals surface area contributed by atoms with Crippen LogP contribution in [0.2, 0.25) is 0 Å². The zero-order valence-electron chi connectivity index (χ0n) is 19.4. The quantitative estimate of drug-likeness (QED) is 0.478. The maximum absolute atomic E-state index is 14.4. The number of rotatable bonds is 8. The summed E-state index contributed by atoms with van der Waals surface area (Å²) in [6.45, 7) is 0.412. The molecule has 2 heterocycles. The lowest BCUT2D eigenvalue weighted by molar-refractivity contribution is -0.159. The second kappa shape index (κ2) is 10.1. The Morgan fingerprint density at radius 1 is 0.972 bits per heavy atom. The number of alkyl halides is 3. The van der Waals surface area contributed by atoms with E-state index in [0.717, 1.165) is 11.1 Å². The number of aliphatic hydroxyl groups excluding tert-OH is 2. The molecule has 5 rings (SSSR count). The predicted molar refractivity (Wildman–Crippen MR) is 125 cm³/mol. The normalized spacial score (nSPS) is 17.6. The van der Waals surface area contributed by atoms with E-state index in [-0.39, 0.29) is 50.0 Å². The molecule has 0 spiro atoms. The first-order valence-corrected chi connectivity index (χ1v) is 11.7. The molecule has 2 aliphatic rings. The summed E-state index contributed by atoms with van der Waals surface area (Å²) in [5.74, 6) is -0.347. The minimum atomic E-state index is -4.72. The highest BCUT2D eigenvalue weighted by Crippen LogP contribution is 2.51. The van der Waals surface area contributed by atoms with Crippen molar-refractivity contribution < 1.29 is 32.7 Å². The van der Waals surface area contributed by atoms with Crippen LogP contribution in [0.5, 0.6) is 0 Å². The van der Waals surface area contributed by atoms with Crippen molar-refractivity contribution in [3.63, 3.8) is 0 Å². The van der Waals surface area contributed by atoms with Gasteiger partial charge in [0, 0.05) is 24.2 Å². The molecule has 0 amide bonds. The molecule has 1 atom stereocenters. The molecule has 7 nitrogen and oxygen atoms in total. The van der Waals surface area contributed by atoms with Gasteiger partial charge in [-0.3, -0.25) is 9.74 Å². The number of hydrogen-bond acceptors (Lipinski definition) is 7. The van der Waals surface area contributed by atoms with Crippen molar-refractivity contribution in [1.82, 2.24) is 15.1 Å². The molecular formula is C26H26F3N3O4. The third-order valence-electron chi connectivity index (χ3n) is 6.49. The van der Waals surface area contributed by atoms with Crippen molar-refractivity contribution in [3.05, 3.63) is 82.6 Å². The lowest BCUT2D eigenvalue weighted by Gasteiger charge is -2.30. The summed E-state index contributed by atoms with van der Waals surface area (Å²) in [4.78, 5) is 7.96. The molecule has 1 aromatic heterocycles. The molecule has 36 heavy (non-hydrogen) atoms. The molecule has 190 valence electrons. The number of fused-ring (bicyclic) bond motifs is 2. The molecule has 1 aliphatic carbocycles. The van der Waals surface area contributed by atoms with Crippen LogP contribution in [0.4, 0.5) is 13.2 Å². The monoisotopic (exact) mass is 501 g/mol. The molecule has 2 aromatic carbocycles. The lowest BCUT2D eigenvalue weighted by Crippen LogP contribution is -2.39. The van der Waals surface area contributed by atoms with Gasteiger partial charge in [-0.05, 0) is 24.0 Å². The lowest BCUT2D eigenvalue weighted by atomic mass is 9.86. The van der Waals surface area contributed by atoms with Crippen molar-refractivity contribution in [3.8, 4) is 11.3 Å². The molecule has 0 bridgehead atoms.